The van der Waals surface area contributed by atoms with Crippen molar-refractivity contribution in [2.24, 2.45) is 5.92 Å². The summed E-state index contributed by atoms with van der Waals surface area (Å²) in [6.07, 6.45) is 4.06. The lowest BCUT2D eigenvalue weighted by Gasteiger charge is -2.32. The van der Waals surface area contributed by atoms with E-state index in [0.29, 0.717) is 12.5 Å². The first-order valence-corrected chi connectivity index (χ1v) is 5.75. The number of aliphatic hydroxyl groups is 1. The van der Waals surface area contributed by atoms with Gasteiger partial charge in [0.25, 0.3) is 0 Å². The highest BCUT2D eigenvalue weighted by Gasteiger charge is 2.19. The predicted molar refractivity (Wildman–Crippen MR) is 62.0 cm³/mol. The number of hydrogen-bond donors (Lipinski definition) is 2. The van der Waals surface area contributed by atoms with Crippen LogP contribution in [0.4, 0.5) is 5.82 Å². The van der Waals surface area contributed by atoms with Crippen molar-refractivity contribution in [2.45, 2.75) is 26.7 Å². The second-order valence-electron chi connectivity index (χ2n) is 3.58. The molecular weight excluding hydrogens is 190 g/mol. The van der Waals surface area contributed by atoms with E-state index in [2.05, 4.69) is 15.1 Å². The Morgan fingerprint density at radius 2 is 2.40 bits per heavy atom. The van der Waals surface area contributed by atoms with E-state index < -0.39 is 0 Å². The number of rotatable bonds is 2. The predicted octanol–water partition coefficient (Wildman–Crippen LogP) is 1.64. The molecule has 4 nitrogen and oxygen atoms in total. The van der Waals surface area contributed by atoms with Crippen LogP contribution in [0.2, 0.25) is 0 Å². The Balaban J connectivity index is 0.000000531. The molecule has 1 unspecified atom stereocenters. The molecule has 0 spiro atoms. The largest absolute Gasteiger partial charge is 0.396 e. The number of aliphatic hydroxyl groups excluding tert-OH is 1. The van der Waals surface area contributed by atoms with Gasteiger partial charge in [0.15, 0.2) is 0 Å². The van der Waals surface area contributed by atoms with Gasteiger partial charge < -0.3 is 10.0 Å². The Hall–Kier alpha value is -1.03. The average molecular weight is 211 g/mol. The Kier molecular flexibility index (Phi) is 5.18. The maximum absolute atomic E-state index is 9.05. The van der Waals surface area contributed by atoms with Gasteiger partial charge in [-0.25, -0.2) is 0 Å². The van der Waals surface area contributed by atoms with Crippen LogP contribution in [0.3, 0.4) is 0 Å². The summed E-state index contributed by atoms with van der Waals surface area (Å²) in [4.78, 5) is 2.25. The topological polar surface area (TPSA) is 52.1 Å². The molecule has 0 aliphatic carbocycles. The summed E-state index contributed by atoms with van der Waals surface area (Å²) >= 11 is 0. The number of nitrogens with one attached hydrogen (secondary N) is 1. The maximum atomic E-state index is 9.05. The van der Waals surface area contributed by atoms with Crippen LogP contribution in [-0.4, -0.2) is 35.0 Å². The van der Waals surface area contributed by atoms with Crippen LogP contribution in [0, 0.1) is 5.92 Å². The van der Waals surface area contributed by atoms with Crippen molar-refractivity contribution in [1.29, 1.82) is 0 Å². The molecular formula is C11H21N3O. The number of piperidine rings is 1. The molecule has 1 atom stereocenters. The van der Waals surface area contributed by atoms with Crippen molar-refractivity contribution in [3.63, 3.8) is 0 Å². The molecule has 1 fully saturated rings. The number of hydrogen-bond acceptors (Lipinski definition) is 3. The van der Waals surface area contributed by atoms with E-state index in [1.54, 1.807) is 6.20 Å². The fourth-order valence-electron chi connectivity index (χ4n) is 1.86. The molecule has 1 aliphatic rings. The van der Waals surface area contributed by atoms with Gasteiger partial charge in [-0.3, -0.25) is 5.10 Å². The standard InChI is InChI=1S/C9H15N3O.C2H6/c13-7-8-2-1-5-12(6-8)9-3-4-10-11-9;1-2/h3-4,8,13H,1-2,5-7H2,(H,10,11);1-2H3. The second kappa shape index (κ2) is 6.45. The fraction of sp³-hybridized carbons (Fsp3) is 0.727. The first-order valence-electron chi connectivity index (χ1n) is 5.75. The highest BCUT2D eigenvalue weighted by atomic mass is 16.3. The molecule has 0 radical (unpaired) electrons. The Bertz CT molecular complexity index is 248. The molecule has 15 heavy (non-hydrogen) atoms. The van der Waals surface area contributed by atoms with Gasteiger partial charge in [-0.1, -0.05) is 13.8 Å². The first kappa shape index (κ1) is 12.0. The van der Waals surface area contributed by atoms with E-state index in [1.165, 1.54) is 0 Å². The molecule has 1 saturated heterocycles. The van der Waals surface area contributed by atoms with Crippen molar-refractivity contribution in [1.82, 2.24) is 10.2 Å². The number of anilines is 1. The average Bonchev–Trinajstić information content (AvgIpc) is 2.85. The quantitative estimate of drug-likeness (QED) is 0.782. The van der Waals surface area contributed by atoms with Gasteiger partial charge in [-0.2, -0.15) is 5.10 Å². The lowest BCUT2D eigenvalue weighted by molar-refractivity contribution is 0.208. The Morgan fingerprint density at radius 3 is 3.00 bits per heavy atom. The number of H-pyrrole nitrogens is 1. The first-order chi connectivity index (χ1) is 7.40. The van der Waals surface area contributed by atoms with Gasteiger partial charge >= 0.3 is 0 Å². The van der Waals surface area contributed by atoms with Crippen LogP contribution >= 0.6 is 0 Å². The molecule has 0 saturated carbocycles. The molecule has 1 aliphatic heterocycles. The SMILES string of the molecule is CC.OCC1CCCN(c2ccn[nH]2)C1. The van der Waals surface area contributed by atoms with Crippen molar-refractivity contribution >= 4 is 5.82 Å². The zero-order valence-corrected chi connectivity index (χ0v) is 9.61. The highest BCUT2D eigenvalue weighted by molar-refractivity contribution is 5.36. The summed E-state index contributed by atoms with van der Waals surface area (Å²) in [6.45, 7) is 6.31. The van der Waals surface area contributed by atoms with Gasteiger partial charge in [0.05, 0.1) is 6.20 Å². The number of aromatic nitrogens is 2. The highest BCUT2D eigenvalue weighted by Crippen LogP contribution is 2.20. The third kappa shape index (κ3) is 3.23. The number of nitrogens with zero attached hydrogens (tertiary/aromatic N) is 2. The van der Waals surface area contributed by atoms with E-state index in [-0.39, 0.29) is 0 Å². The molecule has 2 heterocycles. The van der Waals surface area contributed by atoms with Crippen LogP contribution < -0.4 is 4.90 Å². The molecule has 0 aromatic carbocycles. The van der Waals surface area contributed by atoms with Gasteiger partial charge in [-0.15, -0.1) is 0 Å². The third-order valence-corrected chi connectivity index (χ3v) is 2.60. The van der Waals surface area contributed by atoms with Crippen molar-refractivity contribution < 1.29 is 5.11 Å². The van der Waals surface area contributed by atoms with E-state index in [4.69, 9.17) is 5.11 Å². The van der Waals surface area contributed by atoms with Crippen molar-refractivity contribution in [2.75, 3.05) is 24.6 Å². The summed E-state index contributed by atoms with van der Waals surface area (Å²) in [5.74, 6) is 1.50. The van der Waals surface area contributed by atoms with E-state index in [0.717, 1.165) is 31.7 Å². The minimum absolute atomic E-state index is 0.296. The van der Waals surface area contributed by atoms with Gasteiger partial charge in [0.1, 0.15) is 5.82 Å². The molecule has 1 aromatic rings. The maximum Gasteiger partial charge on any atom is 0.123 e. The van der Waals surface area contributed by atoms with Crippen molar-refractivity contribution in [3.8, 4) is 0 Å². The Labute approximate surface area is 91.3 Å². The monoisotopic (exact) mass is 211 g/mol. The molecule has 86 valence electrons. The summed E-state index contributed by atoms with van der Waals surface area (Å²) in [5, 5.41) is 15.9. The normalized spacial score (nSPS) is 20.7. The van der Waals surface area contributed by atoms with Crippen LogP contribution in [0.5, 0.6) is 0 Å². The van der Waals surface area contributed by atoms with Crippen LogP contribution in [0.15, 0.2) is 12.3 Å². The van der Waals surface area contributed by atoms with E-state index in [9.17, 15) is 0 Å². The van der Waals surface area contributed by atoms with Gasteiger partial charge in [-0.05, 0) is 18.8 Å². The molecule has 1 aromatic heterocycles. The zero-order chi connectivity index (χ0) is 11.1. The molecule has 4 heteroatoms. The molecule has 0 bridgehead atoms. The summed E-state index contributed by atoms with van der Waals surface area (Å²) in [7, 11) is 0. The van der Waals surface area contributed by atoms with Crippen LogP contribution in [-0.2, 0) is 0 Å². The fourth-order valence-corrected chi connectivity index (χ4v) is 1.86. The van der Waals surface area contributed by atoms with Gasteiger partial charge in [0.2, 0.25) is 0 Å². The number of aromatic amines is 1. The van der Waals surface area contributed by atoms with Crippen LogP contribution in [0.25, 0.3) is 0 Å². The zero-order valence-electron chi connectivity index (χ0n) is 9.61. The van der Waals surface area contributed by atoms with E-state index in [1.807, 2.05) is 19.9 Å². The lowest BCUT2D eigenvalue weighted by Crippen LogP contribution is -2.36. The molecule has 0 amide bonds. The Morgan fingerprint density at radius 1 is 1.60 bits per heavy atom. The molecule has 2 rings (SSSR count). The summed E-state index contributed by atoms with van der Waals surface area (Å²) in [6, 6.07) is 1.97. The minimum Gasteiger partial charge on any atom is -0.396 e. The van der Waals surface area contributed by atoms with Crippen LogP contribution in [0.1, 0.15) is 26.7 Å². The van der Waals surface area contributed by atoms with E-state index >= 15 is 0 Å². The lowest BCUT2D eigenvalue weighted by atomic mass is 9.99. The van der Waals surface area contributed by atoms with Gasteiger partial charge in [0, 0.05) is 25.8 Å². The second-order valence-corrected chi connectivity index (χ2v) is 3.58. The molecule has 2 N–H and O–H groups in total. The smallest absolute Gasteiger partial charge is 0.123 e. The summed E-state index contributed by atoms with van der Waals surface area (Å²) in [5.41, 5.74) is 0. The summed E-state index contributed by atoms with van der Waals surface area (Å²) < 4.78 is 0. The third-order valence-electron chi connectivity index (χ3n) is 2.60. The minimum atomic E-state index is 0.296. The van der Waals surface area contributed by atoms with Crippen molar-refractivity contribution in [3.05, 3.63) is 12.3 Å².